The number of hydrogen-bond donors (Lipinski definition) is 2. The van der Waals surface area contributed by atoms with Gasteiger partial charge < -0.3 is 15.8 Å². The second-order valence-electron chi connectivity index (χ2n) is 5.08. The highest BCUT2D eigenvalue weighted by Gasteiger charge is 2.35. The summed E-state index contributed by atoms with van der Waals surface area (Å²) >= 11 is 0. The van der Waals surface area contributed by atoms with Gasteiger partial charge in [-0.15, -0.1) is 0 Å². The first-order valence-electron chi connectivity index (χ1n) is 6.90. The summed E-state index contributed by atoms with van der Waals surface area (Å²) in [5.74, 6) is 0.933. The summed E-state index contributed by atoms with van der Waals surface area (Å²) in [6.07, 6.45) is 2.35. The average Bonchev–Trinajstić information content (AvgIpc) is 2.62. The summed E-state index contributed by atoms with van der Waals surface area (Å²) in [4.78, 5) is 11.8. The van der Waals surface area contributed by atoms with Crippen LogP contribution in [0.5, 0.6) is 5.75 Å². The quantitative estimate of drug-likeness (QED) is 0.866. The van der Waals surface area contributed by atoms with Gasteiger partial charge in [-0.2, -0.15) is 0 Å². The Hall–Kier alpha value is -1.55. The molecule has 0 aliphatic carbocycles. The van der Waals surface area contributed by atoms with Crippen LogP contribution < -0.4 is 15.8 Å². The Morgan fingerprint density at radius 1 is 1.47 bits per heavy atom. The standard InChI is InChI=1S/C15H22N2O2/c1-2-19-13-6-3-5-12(9-13)15(11-16)7-4-8-17-14(18)10-15/h3,5-6,9H,2,4,7-8,10-11,16H2,1H3,(H,17,18). The Bertz CT molecular complexity index is 448. The van der Waals surface area contributed by atoms with E-state index in [1.807, 2.05) is 31.2 Å². The summed E-state index contributed by atoms with van der Waals surface area (Å²) in [5, 5.41) is 2.92. The minimum absolute atomic E-state index is 0.0877. The number of rotatable bonds is 4. The molecule has 1 fully saturated rings. The van der Waals surface area contributed by atoms with Crippen LogP contribution >= 0.6 is 0 Å². The van der Waals surface area contributed by atoms with Crippen molar-refractivity contribution in [2.75, 3.05) is 19.7 Å². The van der Waals surface area contributed by atoms with Gasteiger partial charge in [0, 0.05) is 24.9 Å². The lowest BCUT2D eigenvalue weighted by Crippen LogP contribution is -2.38. The predicted molar refractivity (Wildman–Crippen MR) is 75.2 cm³/mol. The van der Waals surface area contributed by atoms with Crippen molar-refractivity contribution in [3.63, 3.8) is 0 Å². The fourth-order valence-corrected chi connectivity index (χ4v) is 2.73. The molecule has 1 atom stereocenters. The van der Waals surface area contributed by atoms with Crippen LogP contribution in [0.25, 0.3) is 0 Å². The van der Waals surface area contributed by atoms with Crippen LogP contribution in [0.2, 0.25) is 0 Å². The van der Waals surface area contributed by atoms with E-state index in [0.717, 1.165) is 30.7 Å². The summed E-state index contributed by atoms with van der Waals surface area (Å²) in [7, 11) is 0. The van der Waals surface area contributed by atoms with Gasteiger partial charge in [0.2, 0.25) is 5.91 Å². The molecule has 0 saturated carbocycles. The molecule has 104 valence electrons. The zero-order chi connectivity index (χ0) is 13.7. The molecule has 1 aliphatic heterocycles. The van der Waals surface area contributed by atoms with Gasteiger partial charge in [-0.25, -0.2) is 0 Å². The highest BCUT2D eigenvalue weighted by atomic mass is 16.5. The van der Waals surface area contributed by atoms with E-state index < -0.39 is 0 Å². The smallest absolute Gasteiger partial charge is 0.220 e. The number of ether oxygens (including phenoxy) is 1. The van der Waals surface area contributed by atoms with Gasteiger partial charge >= 0.3 is 0 Å². The predicted octanol–water partition coefficient (Wildman–Crippen LogP) is 1.58. The van der Waals surface area contributed by atoms with Gasteiger partial charge in [-0.3, -0.25) is 4.79 Å². The third-order valence-corrected chi connectivity index (χ3v) is 3.80. The SMILES string of the molecule is CCOc1cccc(C2(CN)CCCNC(=O)C2)c1. The number of carbonyl (C=O) groups is 1. The molecule has 4 heteroatoms. The number of nitrogens with one attached hydrogen (secondary N) is 1. The lowest BCUT2D eigenvalue weighted by atomic mass is 9.74. The molecule has 3 N–H and O–H groups in total. The molecule has 2 rings (SSSR count). The van der Waals surface area contributed by atoms with Gasteiger partial charge in [0.05, 0.1) is 6.61 Å². The van der Waals surface area contributed by atoms with E-state index in [2.05, 4.69) is 5.32 Å². The molecule has 1 saturated heterocycles. The first-order chi connectivity index (χ1) is 9.20. The minimum Gasteiger partial charge on any atom is -0.494 e. The third-order valence-electron chi connectivity index (χ3n) is 3.80. The normalized spacial score (nSPS) is 23.6. The summed E-state index contributed by atoms with van der Waals surface area (Å²) < 4.78 is 5.54. The second kappa shape index (κ2) is 6.06. The van der Waals surface area contributed by atoms with Crippen molar-refractivity contribution < 1.29 is 9.53 Å². The van der Waals surface area contributed by atoms with Crippen LogP contribution in [0.15, 0.2) is 24.3 Å². The molecular formula is C15H22N2O2. The highest BCUT2D eigenvalue weighted by Crippen LogP contribution is 2.35. The maximum atomic E-state index is 11.8. The first kappa shape index (κ1) is 13.9. The van der Waals surface area contributed by atoms with E-state index in [9.17, 15) is 4.79 Å². The molecule has 1 aromatic carbocycles. The number of nitrogens with two attached hydrogens (primary N) is 1. The van der Waals surface area contributed by atoms with Gasteiger partial charge in [0.25, 0.3) is 0 Å². The van der Waals surface area contributed by atoms with E-state index in [0.29, 0.717) is 19.6 Å². The van der Waals surface area contributed by atoms with Gasteiger partial charge in [-0.1, -0.05) is 12.1 Å². The maximum absolute atomic E-state index is 11.8. The molecule has 1 amide bonds. The monoisotopic (exact) mass is 262 g/mol. The van der Waals surface area contributed by atoms with E-state index in [4.69, 9.17) is 10.5 Å². The van der Waals surface area contributed by atoms with Crippen LogP contribution in [0, 0.1) is 0 Å². The summed E-state index contributed by atoms with van der Waals surface area (Å²) in [5.41, 5.74) is 6.86. The molecule has 0 aromatic heterocycles. The number of carbonyl (C=O) groups excluding carboxylic acids is 1. The lowest BCUT2D eigenvalue weighted by molar-refractivity contribution is -0.121. The van der Waals surface area contributed by atoms with Gasteiger partial charge in [-0.05, 0) is 37.5 Å². The zero-order valence-electron chi connectivity index (χ0n) is 11.4. The van der Waals surface area contributed by atoms with Crippen molar-refractivity contribution in [3.8, 4) is 5.75 Å². The Morgan fingerprint density at radius 2 is 2.32 bits per heavy atom. The first-order valence-corrected chi connectivity index (χ1v) is 6.90. The van der Waals surface area contributed by atoms with Crippen LogP contribution in [-0.4, -0.2) is 25.6 Å². The zero-order valence-corrected chi connectivity index (χ0v) is 11.4. The third kappa shape index (κ3) is 3.07. The molecule has 0 radical (unpaired) electrons. The fraction of sp³-hybridized carbons (Fsp3) is 0.533. The fourth-order valence-electron chi connectivity index (χ4n) is 2.73. The van der Waals surface area contributed by atoms with E-state index in [-0.39, 0.29) is 11.3 Å². The number of benzene rings is 1. The Balaban J connectivity index is 2.33. The topological polar surface area (TPSA) is 64.3 Å². The van der Waals surface area contributed by atoms with Crippen molar-refractivity contribution in [1.82, 2.24) is 5.32 Å². The van der Waals surface area contributed by atoms with Gasteiger partial charge in [0.1, 0.15) is 5.75 Å². The molecule has 1 unspecified atom stereocenters. The molecule has 4 nitrogen and oxygen atoms in total. The van der Waals surface area contributed by atoms with Gasteiger partial charge in [0.15, 0.2) is 0 Å². The second-order valence-corrected chi connectivity index (χ2v) is 5.08. The lowest BCUT2D eigenvalue weighted by Gasteiger charge is -2.31. The average molecular weight is 262 g/mol. The summed E-state index contributed by atoms with van der Waals surface area (Å²) in [6.45, 7) is 3.83. The van der Waals surface area contributed by atoms with Crippen molar-refractivity contribution in [1.29, 1.82) is 0 Å². The van der Waals surface area contributed by atoms with Crippen molar-refractivity contribution in [2.45, 2.75) is 31.6 Å². The van der Waals surface area contributed by atoms with Crippen LogP contribution in [0.1, 0.15) is 31.7 Å². The molecular weight excluding hydrogens is 240 g/mol. The van der Waals surface area contributed by atoms with Crippen LogP contribution in [0.3, 0.4) is 0 Å². The van der Waals surface area contributed by atoms with Crippen molar-refractivity contribution in [2.24, 2.45) is 5.73 Å². The highest BCUT2D eigenvalue weighted by molar-refractivity contribution is 5.78. The number of hydrogen-bond acceptors (Lipinski definition) is 3. The Morgan fingerprint density at radius 3 is 3.05 bits per heavy atom. The number of amides is 1. The van der Waals surface area contributed by atoms with E-state index in [1.54, 1.807) is 0 Å². The van der Waals surface area contributed by atoms with Crippen molar-refractivity contribution >= 4 is 5.91 Å². The van der Waals surface area contributed by atoms with Crippen LogP contribution in [-0.2, 0) is 10.2 Å². The molecule has 1 heterocycles. The summed E-state index contributed by atoms with van der Waals surface area (Å²) in [6, 6.07) is 7.98. The molecule has 1 aliphatic rings. The van der Waals surface area contributed by atoms with Crippen LogP contribution in [0.4, 0.5) is 0 Å². The van der Waals surface area contributed by atoms with E-state index in [1.165, 1.54) is 0 Å². The molecule has 0 spiro atoms. The van der Waals surface area contributed by atoms with E-state index >= 15 is 0 Å². The largest absolute Gasteiger partial charge is 0.494 e. The Kier molecular flexibility index (Phi) is 4.43. The molecule has 1 aromatic rings. The minimum atomic E-state index is -0.256. The molecule has 0 bridgehead atoms. The molecule has 19 heavy (non-hydrogen) atoms. The maximum Gasteiger partial charge on any atom is 0.220 e. The Labute approximate surface area is 114 Å². The van der Waals surface area contributed by atoms with Crippen molar-refractivity contribution in [3.05, 3.63) is 29.8 Å².